The minimum Gasteiger partial charge on any atom is -0.462 e. The molecule has 0 saturated carbocycles. The highest BCUT2D eigenvalue weighted by atomic mass is 16.6. The van der Waals surface area contributed by atoms with Gasteiger partial charge in [-0.3, -0.25) is 14.4 Å². The predicted octanol–water partition coefficient (Wildman–Crippen LogP) is 22.2. The molecule has 1 unspecified atom stereocenters. The summed E-state index contributed by atoms with van der Waals surface area (Å²) in [6.07, 6.45) is 91.8. The van der Waals surface area contributed by atoms with E-state index in [1.807, 2.05) is 0 Å². The second-order valence-corrected chi connectivity index (χ2v) is 20.9. The van der Waals surface area contributed by atoms with Crippen LogP contribution in [0.4, 0.5) is 0 Å². The number of unbranched alkanes of at least 4 members (excludes halogenated alkanes) is 24. The third-order valence-electron chi connectivity index (χ3n) is 13.3. The van der Waals surface area contributed by atoms with E-state index in [0.29, 0.717) is 19.3 Å². The number of rotatable bonds is 57. The molecule has 6 nitrogen and oxygen atoms in total. The summed E-state index contributed by atoms with van der Waals surface area (Å²) in [4.78, 5) is 38.2. The van der Waals surface area contributed by atoms with Crippen LogP contribution in [0.1, 0.15) is 284 Å². The summed E-state index contributed by atoms with van der Waals surface area (Å²) in [6, 6.07) is 0. The monoisotopic (exact) mass is 1080 g/mol. The smallest absolute Gasteiger partial charge is 0.306 e. The number of carbonyl (C=O) groups excluding carboxylic acids is 3. The van der Waals surface area contributed by atoms with E-state index in [4.69, 9.17) is 14.2 Å². The van der Waals surface area contributed by atoms with Crippen molar-refractivity contribution in [1.29, 1.82) is 0 Å². The lowest BCUT2D eigenvalue weighted by atomic mass is 10.1. The van der Waals surface area contributed by atoms with Gasteiger partial charge in [-0.2, -0.15) is 0 Å². The zero-order chi connectivity index (χ0) is 56.4. The average molecular weight is 1080 g/mol. The van der Waals surface area contributed by atoms with Crippen molar-refractivity contribution in [3.05, 3.63) is 134 Å². The topological polar surface area (TPSA) is 78.9 Å². The first-order valence-electron chi connectivity index (χ1n) is 32.2. The lowest BCUT2D eigenvalue weighted by molar-refractivity contribution is -0.167. The van der Waals surface area contributed by atoms with Gasteiger partial charge in [0.1, 0.15) is 13.2 Å². The van der Waals surface area contributed by atoms with E-state index in [0.717, 1.165) is 154 Å². The van der Waals surface area contributed by atoms with Gasteiger partial charge in [-0.1, -0.05) is 264 Å². The van der Waals surface area contributed by atoms with Crippen molar-refractivity contribution in [2.45, 2.75) is 290 Å². The fraction of sp³-hybridized carbons (Fsp3) is 0.653. The van der Waals surface area contributed by atoms with Gasteiger partial charge in [-0.15, -0.1) is 0 Å². The van der Waals surface area contributed by atoms with Crippen LogP contribution in [-0.4, -0.2) is 37.2 Å². The van der Waals surface area contributed by atoms with Gasteiger partial charge in [0, 0.05) is 19.3 Å². The fourth-order valence-corrected chi connectivity index (χ4v) is 8.55. The zero-order valence-corrected chi connectivity index (χ0v) is 50.6. The lowest BCUT2D eigenvalue weighted by Crippen LogP contribution is -2.30. The van der Waals surface area contributed by atoms with Crippen molar-refractivity contribution in [3.63, 3.8) is 0 Å². The van der Waals surface area contributed by atoms with Crippen LogP contribution >= 0.6 is 0 Å². The Bertz CT molecular complexity index is 1670. The highest BCUT2D eigenvalue weighted by Gasteiger charge is 2.19. The quantitative estimate of drug-likeness (QED) is 0.0261. The van der Waals surface area contributed by atoms with Gasteiger partial charge in [0.2, 0.25) is 0 Å². The largest absolute Gasteiger partial charge is 0.462 e. The van der Waals surface area contributed by atoms with Gasteiger partial charge < -0.3 is 14.2 Å². The molecular formula is C72H118O6. The molecule has 0 fully saturated rings. The number of esters is 3. The molecule has 0 rings (SSSR count). The number of carbonyl (C=O) groups is 3. The minimum atomic E-state index is -0.795. The van der Waals surface area contributed by atoms with Crippen molar-refractivity contribution in [2.75, 3.05) is 13.2 Å². The van der Waals surface area contributed by atoms with Crippen LogP contribution in [0.5, 0.6) is 0 Å². The van der Waals surface area contributed by atoms with Crippen molar-refractivity contribution >= 4 is 17.9 Å². The summed E-state index contributed by atoms with van der Waals surface area (Å²) in [7, 11) is 0. The van der Waals surface area contributed by atoms with Gasteiger partial charge in [0.25, 0.3) is 0 Å². The van der Waals surface area contributed by atoms with Crippen LogP contribution < -0.4 is 0 Å². The molecule has 0 heterocycles. The van der Waals surface area contributed by atoms with E-state index in [1.54, 1.807) is 0 Å². The maximum atomic E-state index is 12.9. The Hall–Kier alpha value is -4.45. The Balaban J connectivity index is 4.27. The Kier molecular flexibility index (Phi) is 61.4. The highest BCUT2D eigenvalue weighted by molar-refractivity contribution is 5.71. The maximum Gasteiger partial charge on any atom is 0.306 e. The molecule has 0 bridgehead atoms. The van der Waals surface area contributed by atoms with Gasteiger partial charge >= 0.3 is 17.9 Å². The third-order valence-corrected chi connectivity index (χ3v) is 13.3. The van der Waals surface area contributed by atoms with Crippen LogP contribution in [0.3, 0.4) is 0 Å². The first-order chi connectivity index (χ1) is 38.5. The van der Waals surface area contributed by atoms with Crippen LogP contribution in [0.25, 0.3) is 0 Å². The number of hydrogen-bond acceptors (Lipinski definition) is 6. The Morgan fingerprint density at radius 3 is 0.846 bits per heavy atom. The molecule has 0 aromatic rings. The van der Waals surface area contributed by atoms with Gasteiger partial charge in [0.15, 0.2) is 6.10 Å². The van der Waals surface area contributed by atoms with E-state index < -0.39 is 6.10 Å². The van der Waals surface area contributed by atoms with E-state index in [2.05, 4.69) is 154 Å². The molecule has 0 aromatic heterocycles. The zero-order valence-electron chi connectivity index (χ0n) is 50.6. The standard InChI is InChI=1S/C72H118O6/c1-4-7-10-13-16-19-22-24-26-28-30-31-32-33-34-35-36-37-38-39-40-41-43-44-46-48-50-53-56-59-62-65-71(74)77-68-69(67-76-70(73)64-61-58-55-52-21-18-15-12-9-6-3)78-72(75)66-63-60-57-54-51-49-47-45-42-29-27-25-23-20-17-14-11-8-5-2/h7,10,12,15-17,19-20,24-27,30-31,33-34,36-37,39-40,42,45,69H,4-6,8-9,11,13-14,18,21-23,28-29,32,35,38,41,43-44,46-68H2,1-3H3/b10-7-,15-12-,19-16-,20-17-,26-24-,27-25-,31-30-,34-33-,37-36-,40-39-,45-42-. The summed E-state index contributed by atoms with van der Waals surface area (Å²) in [5.41, 5.74) is 0. The normalized spacial score (nSPS) is 13.0. The second kappa shape index (κ2) is 65.1. The number of hydrogen-bond donors (Lipinski definition) is 0. The second-order valence-electron chi connectivity index (χ2n) is 20.9. The van der Waals surface area contributed by atoms with Gasteiger partial charge in [-0.25, -0.2) is 0 Å². The molecule has 0 aliphatic heterocycles. The molecule has 0 radical (unpaired) electrons. The average Bonchev–Trinajstić information content (AvgIpc) is 3.44. The predicted molar refractivity (Wildman–Crippen MR) is 339 cm³/mol. The van der Waals surface area contributed by atoms with Crippen molar-refractivity contribution in [2.24, 2.45) is 0 Å². The highest BCUT2D eigenvalue weighted by Crippen LogP contribution is 2.15. The summed E-state index contributed by atoms with van der Waals surface area (Å²) in [5.74, 6) is -0.920. The molecule has 0 aliphatic rings. The minimum absolute atomic E-state index is 0.0922. The first kappa shape index (κ1) is 73.5. The molecule has 0 aliphatic carbocycles. The van der Waals surface area contributed by atoms with Gasteiger partial charge in [-0.05, 0) is 135 Å². The fourth-order valence-electron chi connectivity index (χ4n) is 8.55. The molecule has 78 heavy (non-hydrogen) atoms. The van der Waals surface area contributed by atoms with Crippen molar-refractivity contribution < 1.29 is 28.6 Å². The number of ether oxygens (including phenoxy) is 3. The molecule has 0 aromatic carbocycles. The number of allylic oxidation sites excluding steroid dienone is 22. The molecule has 1 atom stereocenters. The third kappa shape index (κ3) is 62.4. The van der Waals surface area contributed by atoms with E-state index in [9.17, 15) is 14.4 Å². The van der Waals surface area contributed by atoms with Crippen molar-refractivity contribution in [1.82, 2.24) is 0 Å². The summed E-state index contributed by atoms with van der Waals surface area (Å²) in [6.45, 7) is 6.42. The van der Waals surface area contributed by atoms with Crippen molar-refractivity contribution in [3.8, 4) is 0 Å². The molecule has 0 N–H and O–H groups in total. The maximum absolute atomic E-state index is 12.9. The van der Waals surface area contributed by atoms with Crippen LogP contribution in [-0.2, 0) is 28.6 Å². The summed E-state index contributed by atoms with van der Waals surface area (Å²) >= 11 is 0. The molecule has 6 heteroatoms. The first-order valence-corrected chi connectivity index (χ1v) is 32.2. The van der Waals surface area contributed by atoms with Crippen LogP contribution in [0.15, 0.2) is 134 Å². The lowest BCUT2D eigenvalue weighted by Gasteiger charge is -2.18. The SMILES string of the molecule is CC/C=C\C/C=C\C/C=C\C/C=C\C/C=C\C/C=C\C/C=C\CCCCCCCCCCCC(=O)OCC(COC(=O)CCCCCCC/C=C\CCC)OC(=O)CCCCCCCC/C=C\C/C=C\C/C=C\CCCCC. The molecule has 0 amide bonds. The molecule has 442 valence electrons. The molecule has 0 spiro atoms. The molecule has 0 saturated heterocycles. The van der Waals surface area contributed by atoms with Gasteiger partial charge in [0.05, 0.1) is 0 Å². The molecular weight excluding hydrogens is 961 g/mol. The summed E-state index contributed by atoms with van der Waals surface area (Å²) < 4.78 is 16.9. The van der Waals surface area contributed by atoms with Crippen LogP contribution in [0.2, 0.25) is 0 Å². The Morgan fingerprint density at radius 2 is 0.526 bits per heavy atom. The van der Waals surface area contributed by atoms with E-state index >= 15 is 0 Å². The van der Waals surface area contributed by atoms with E-state index in [-0.39, 0.29) is 31.1 Å². The summed E-state index contributed by atoms with van der Waals surface area (Å²) in [5, 5.41) is 0. The Labute approximate surface area is 481 Å². The van der Waals surface area contributed by atoms with Crippen LogP contribution in [0, 0.1) is 0 Å². The van der Waals surface area contributed by atoms with E-state index in [1.165, 1.54) is 89.9 Å². The Morgan fingerprint density at radius 1 is 0.269 bits per heavy atom.